The molecule has 1 aromatic heterocycles. The summed E-state index contributed by atoms with van der Waals surface area (Å²) in [4.78, 5) is 0. The van der Waals surface area contributed by atoms with E-state index in [1.807, 2.05) is 0 Å². The molecular weight excluding hydrogens is 357 g/mol. The third-order valence-corrected chi connectivity index (χ3v) is 4.76. The largest absolute Gasteiger partial charge is 0.282 e. The summed E-state index contributed by atoms with van der Waals surface area (Å²) in [6, 6.07) is 25.8. The van der Waals surface area contributed by atoms with Crippen LogP contribution < -0.4 is 0 Å². The molecule has 0 aliphatic carbocycles. The topological polar surface area (TPSA) is 4.93 Å². The number of hydrogen-bond donors (Lipinski definition) is 0. The van der Waals surface area contributed by atoms with E-state index in [4.69, 9.17) is 0 Å². The van der Waals surface area contributed by atoms with Crippen molar-refractivity contribution in [3.05, 3.63) is 72.8 Å². The molecular formula is C18H12IN. The highest BCUT2D eigenvalue weighted by atomic mass is 127. The second-order valence-electron chi connectivity index (χ2n) is 4.90. The van der Waals surface area contributed by atoms with Crippen molar-refractivity contribution in [2.75, 3.05) is 0 Å². The first-order valence-corrected chi connectivity index (χ1v) is 7.56. The molecule has 20 heavy (non-hydrogen) atoms. The number of fused-ring (bicyclic) bond motifs is 3. The number of para-hydroxylation sites is 1. The summed E-state index contributed by atoms with van der Waals surface area (Å²) in [7, 11) is 0. The lowest BCUT2D eigenvalue weighted by Crippen LogP contribution is -1.80. The van der Waals surface area contributed by atoms with Gasteiger partial charge in [0.05, 0.1) is 33.9 Å². The van der Waals surface area contributed by atoms with Crippen LogP contribution in [0.1, 0.15) is 0 Å². The maximum atomic E-state index is 2.38. The van der Waals surface area contributed by atoms with Crippen molar-refractivity contribution in [3.63, 3.8) is 0 Å². The van der Waals surface area contributed by atoms with Gasteiger partial charge >= 0.3 is 0 Å². The van der Waals surface area contributed by atoms with Gasteiger partial charge in [0.2, 0.25) is 0 Å². The third kappa shape index (κ3) is 1.75. The lowest BCUT2D eigenvalue weighted by atomic mass is 10.0. The SMILES string of the molecule is In1c2ccccc2c2ccc(-c3ccccc3)cc21. The van der Waals surface area contributed by atoms with Crippen LogP contribution in [-0.2, 0) is 0 Å². The van der Waals surface area contributed by atoms with Crippen LogP contribution in [0.2, 0.25) is 0 Å². The van der Waals surface area contributed by atoms with Crippen LogP contribution in [0.25, 0.3) is 32.9 Å². The smallest absolute Gasteiger partial charge is 0.0646 e. The molecule has 96 valence electrons. The highest BCUT2D eigenvalue weighted by Crippen LogP contribution is 2.33. The van der Waals surface area contributed by atoms with Crippen molar-refractivity contribution in [2.45, 2.75) is 0 Å². The van der Waals surface area contributed by atoms with Crippen LogP contribution >= 0.6 is 22.9 Å². The van der Waals surface area contributed by atoms with Gasteiger partial charge < -0.3 is 0 Å². The lowest BCUT2D eigenvalue weighted by molar-refractivity contribution is 1.49. The van der Waals surface area contributed by atoms with Gasteiger partial charge in [0.15, 0.2) is 0 Å². The molecule has 2 heteroatoms. The predicted molar refractivity (Wildman–Crippen MR) is 94.3 cm³/mol. The van der Waals surface area contributed by atoms with E-state index in [2.05, 4.69) is 98.4 Å². The summed E-state index contributed by atoms with van der Waals surface area (Å²) >= 11 is 2.38. The van der Waals surface area contributed by atoms with Crippen molar-refractivity contribution in [3.8, 4) is 11.1 Å². The van der Waals surface area contributed by atoms with Gasteiger partial charge in [-0.05, 0) is 23.3 Å². The summed E-state index contributed by atoms with van der Waals surface area (Å²) in [5.41, 5.74) is 5.07. The van der Waals surface area contributed by atoms with Gasteiger partial charge in [-0.3, -0.25) is 2.78 Å². The number of benzene rings is 3. The molecule has 0 spiro atoms. The second-order valence-corrected chi connectivity index (χ2v) is 5.86. The van der Waals surface area contributed by atoms with E-state index < -0.39 is 0 Å². The second kappa shape index (κ2) is 4.63. The van der Waals surface area contributed by atoms with Crippen LogP contribution in [0.5, 0.6) is 0 Å². The van der Waals surface area contributed by atoms with E-state index in [1.165, 1.54) is 32.9 Å². The maximum Gasteiger partial charge on any atom is 0.0646 e. The normalized spacial score (nSPS) is 11.2. The number of nitrogens with zero attached hydrogens (tertiary/aromatic N) is 1. The van der Waals surface area contributed by atoms with Crippen molar-refractivity contribution < 1.29 is 0 Å². The molecule has 0 radical (unpaired) electrons. The minimum Gasteiger partial charge on any atom is -0.282 e. The molecule has 0 N–H and O–H groups in total. The molecule has 1 heterocycles. The highest BCUT2D eigenvalue weighted by Gasteiger charge is 2.09. The van der Waals surface area contributed by atoms with Crippen LogP contribution in [0.15, 0.2) is 72.8 Å². The Labute approximate surface area is 131 Å². The fourth-order valence-corrected chi connectivity index (χ4v) is 3.55. The number of halogens is 1. The Morgan fingerprint density at radius 1 is 0.600 bits per heavy atom. The first kappa shape index (κ1) is 12.0. The summed E-state index contributed by atoms with van der Waals surface area (Å²) in [5, 5.41) is 2.63. The summed E-state index contributed by atoms with van der Waals surface area (Å²) in [6.45, 7) is 0. The number of hydrogen-bond acceptors (Lipinski definition) is 0. The van der Waals surface area contributed by atoms with Crippen LogP contribution in [0, 0.1) is 0 Å². The lowest BCUT2D eigenvalue weighted by Gasteiger charge is -2.02. The minimum absolute atomic E-state index is 1.26. The zero-order valence-corrected chi connectivity index (χ0v) is 12.9. The van der Waals surface area contributed by atoms with Gasteiger partial charge in [-0.1, -0.05) is 60.7 Å². The fraction of sp³-hybridized carbons (Fsp3) is 0. The van der Waals surface area contributed by atoms with E-state index in [9.17, 15) is 0 Å². The first-order chi connectivity index (χ1) is 9.84. The maximum absolute atomic E-state index is 2.38. The standard InChI is InChI=1S/C18H12IN/c19-20-17-9-5-4-8-15(17)16-11-10-14(12-18(16)20)13-6-2-1-3-7-13/h1-12H. The monoisotopic (exact) mass is 369 g/mol. The molecule has 0 fully saturated rings. The Balaban J connectivity index is 2.05. The number of rotatable bonds is 1. The average molecular weight is 369 g/mol. The summed E-state index contributed by atoms with van der Waals surface area (Å²) in [5.74, 6) is 0. The van der Waals surface area contributed by atoms with Gasteiger partial charge in [0.25, 0.3) is 0 Å². The Bertz CT molecular complexity index is 907. The average Bonchev–Trinajstić information content (AvgIpc) is 2.81. The molecule has 0 saturated carbocycles. The number of aromatic nitrogens is 1. The predicted octanol–water partition coefficient (Wildman–Crippen LogP) is 5.66. The molecule has 0 aliphatic heterocycles. The molecule has 4 aromatic rings. The van der Waals surface area contributed by atoms with Crippen molar-refractivity contribution in [2.24, 2.45) is 0 Å². The zero-order valence-electron chi connectivity index (χ0n) is 10.8. The van der Waals surface area contributed by atoms with E-state index in [1.54, 1.807) is 0 Å². The van der Waals surface area contributed by atoms with E-state index in [-0.39, 0.29) is 0 Å². The molecule has 0 saturated heterocycles. The van der Waals surface area contributed by atoms with Gasteiger partial charge in [-0.25, -0.2) is 0 Å². The molecule has 0 atom stereocenters. The fourth-order valence-electron chi connectivity index (χ4n) is 2.73. The quantitative estimate of drug-likeness (QED) is 0.382. The molecule has 1 nitrogen and oxygen atoms in total. The Morgan fingerprint density at radius 2 is 1.30 bits per heavy atom. The zero-order chi connectivity index (χ0) is 13.5. The molecule has 0 amide bonds. The van der Waals surface area contributed by atoms with Gasteiger partial charge in [0, 0.05) is 10.8 Å². The molecule has 3 aromatic carbocycles. The van der Waals surface area contributed by atoms with Gasteiger partial charge in [0.1, 0.15) is 0 Å². The van der Waals surface area contributed by atoms with Crippen molar-refractivity contribution in [1.29, 1.82) is 0 Å². The minimum atomic E-state index is 1.26. The van der Waals surface area contributed by atoms with E-state index in [0.29, 0.717) is 0 Å². The molecule has 0 unspecified atom stereocenters. The van der Waals surface area contributed by atoms with Gasteiger partial charge in [-0.15, -0.1) is 0 Å². The van der Waals surface area contributed by atoms with E-state index >= 15 is 0 Å². The van der Waals surface area contributed by atoms with Crippen LogP contribution in [0.4, 0.5) is 0 Å². The molecule has 0 aliphatic rings. The summed E-state index contributed by atoms with van der Waals surface area (Å²) in [6.07, 6.45) is 0. The van der Waals surface area contributed by atoms with Crippen LogP contribution in [0.3, 0.4) is 0 Å². The summed E-state index contributed by atoms with van der Waals surface area (Å²) < 4.78 is 2.24. The van der Waals surface area contributed by atoms with Gasteiger partial charge in [-0.2, -0.15) is 0 Å². The van der Waals surface area contributed by atoms with E-state index in [0.717, 1.165) is 0 Å². The molecule has 0 bridgehead atoms. The third-order valence-electron chi connectivity index (χ3n) is 3.72. The Kier molecular flexibility index (Phi) is 2.77. The van der Waals surface area contributed by atoms with Crippen molar-refractivity contribution in [1.82, 2.24) is 2.78 Å². The first-order valence-electron chi connectivity index (χ1n) is 6.59. The van der Waals surface area contributed by atoms with Crippen molar-refractivity contribution >= 4 is 44.7 Å². The highest BCUT2D eigenvalue weighted by molar-refractivity contribution is 14.1. The van der Waals surface area contributed by atoms with Crippen LogP contribution in [-0.4, -0.2) is 2.78 Å². The Morgan fingerprint density at radius 3 is 2.15 bits per heavy atom. The molecule has 4 rings (SSSR count). The Hall–Kier alpha value is -1.81.